The Bertz CT molecular complexity index is 1110. The molecule has 5 heteroatoms. The van der Waals surface area contributed by atoms with Crippen LogP contribution < -0.4 is 10.6 Å². The first-order valence-corrected chi connectivity index (χ1v) is 10.0. The number of halogens is 1. The van der Waals surface area contributed by atoms with Gasteiger partial charge in [-0.05, 0) is 79.2 Å². The van der Waals surface area contributed by atoms with Crippen LogP contribution >= 0.6 is 0 Å². The van der Waals surface area contributed by atoms with E-state index in [1.165, 1.54) is 12.1 Å². The molecule has 31 heavy (non-hydrogen) atoms. The van der Waals surface area contributed by atoms with E-state index >= 15 is 0 Å². The molecule has 156 valence electrons. The molecule has 0 saturated carbocycles. The Hall–Kier alpha value is -3.91. The van der Waals surface area contributed by atoms with Gasteiger partial charge in [0.25, 0.3) is 5.91 Å². The van der Waals surface area contributed by atoms with Crippen LogP contribution in [0.3, 0.4) is 0 Å². The van der Waals surface area contributed by atoms with E-state index in [1.54, 1.807) is 60.7 Å². The van der Waals surface area contributed by atoms with Crippen molar-refractivity contribution < 1.29 is 14.0 Å². The van der Waals surface area contributed by atoms with Crippen LogP contribution in [0.25, 0.3) is 0 Å². The van der Waals surface area contributed by atoms with Crippen molar-refractivity contribution >= 4 is 23.2 Å². The SMILES string of the molecule is CCC(C)C(=O)Nc1ccc(C(=O)Nc2ccc(C#Cc3ccc(F)cc3)cc2)cc1. The molecule has 0 aromatic heterocycles. The van der Waals surface area contributed by atoms with Crippen LogP contribution in [-0.4, -0.2) is 11.8 Å². The second kappa shape index (κ2) is 10.2. The summed E-state index contributed by atoms with van der Waals surface area (Å²) in [5, 5.41) is 5.68. The number of carbonyl (C=O) groups excluding carboxylic acids is 2. The van der Waals surface area contributed by atoms with Crippen molar-refractivity contribution in [1.82, 2.24) is 0 Å². The molecular weight excluding hydrogens is 391 g/mol. The number of benzene rings is 3. The number of hydrogen-bond acceptors (Lipinski definition) is 2. The molecule has 0 fully saturated rings. The minimum Gasteiger partial charge on any atom is -0.326 e. The van der Waals surface area contributed by atoms with Gasteiger partial charge < -0.3 is 10.6 Å². The number of hydrogen-bond donors (Lipinski definition) is 2. The van der Waals surface area contributed by atoms with E-state index in [0.29, 0.717) is 16.9 Å². The average Bonchev–Trinajstić information content (AvgIpc) is 2.79. The van der Waals surface area contributed by atoms with E-state index in [-0.39, 0.29) is 23.5 Å². The molecule has 0 aliphatic heterocycles. The van der Waals surface area contributed by atoms with E-state index in [0.717, 1.165) is 17.5 Å². The summed E-state index contributed by atoms with van der Waals surface area (Å²) in [5.41, 5.74) is 3.30. The topological polar surface area (TPSA) is 58.2 Å². The quantitative estimate of drug-likeness (QED) is 0.545. The van der Waals surface area contributed by atoms with Crippen molar-refractivity contribution in [3.05, 3.63) is 95.3 Å². The predicted octanol–water partition coefficient (Wildman–Crippen LogP) is 5.46. The van der Waals surface area contributed by atoms with Gasteiger partial charge in [0, 0.05) is 34.0 Å². The molecule has 0 spiro atoms. The largest absolute Gasteiger partial charge is 0.326 e. The Kier molecular flexibility index (Phi) is 7.18. The minimum atomic E-state index is -0.295. The lowest BCUT2D eigenvalue weighted by Gasteiger charge is -2.10. The van der Waals surface area contributed by atoms with E-state index in [2.05, 4.69) is 22.5 Å². The molecule has 0 bridgehead atoms. The van der Waals surface area contributed by atoms with E-state index < -0.39 is 0 Å². The number of rotatable bonds is 5. The number of anilines is 2. The third-order valence-corrected chi connectivity index (χ3v) is 4.81. The number of amides is 2. The van der Waals surface area contributed by atoms with Crippen molar-refractivity contribution in [2.24, 2.45) is 5.92 Å². The van der Waals surface area contributed by atoms with Crippen LogP contribution in [0.15, 0.2) is 72.8 Å². The second-order valence-electron chi connectivity index (χ2n) is 7.16. The summed E-state index contributed by atoms with van der Waals surface area (Å²) >= 11 is 0. The summed E-state index contributed by atoms with van der Waals surface area (Å²) in [4.78, 5) is 24.4. The van der Waals surface area contributed by atoms with Gasteiger partial charge in [-0.25, -0.2) is 4.39 Å². The maximum atomic E-state index is 12.9. The molecule has 2 N–H and O–H groups in total. The normalized spacial score (nSPS) is 11.1. The van der Waals surface area contributed by atoms with E-state index in [1.807, 2.05) is 13.8 Å². The molecule has 0 aliphatic rings. The highest BCUT2D eigenvalue weighted by atomic mass is 19.1. The molecule has 0 radical (unpaired) electrons. The van der Waals surface area contributed by atoms with Gasteiger partial charge >= 0.3 is 0 Å². The molecule has 3 rings (SSSR count). The van der Waals surface area contributed by atoms with Crippen molar-refractivity contribution in [1.29, 1.82) is 0 Å². The highest BCUT2D eigenvalue weighted by molar-refractivity contribution is 6.04. The Morgan fingerprint density at radius 1 is 0.806 bits per heavy atom. The van der Waals surface area contributed by atoms with Crippen LogP contribution in [0.1, 0.15) is 41.8 Å². The van der Waals surface area contributed by atoms with Crippen LogP contribution in [0.5, 0.6) is 0 Å². The van der Waals surface area contributed by atoms with Gasteiger partial charge in [-0.3, -0.25) is 9.59 Å². The second-order valence-corrected chi connectivity index (χ2v) is 7.16. The zero-order valence-electron chi connectivity index (χ0n) is 17.4. The zero-order valence-corrected chi connectivity index (χ0v) is 17.4. The standard InChI is InChI=1S/C26H23FN2O2/c1-3-18(2)25(30)28-24-16-10-21(11-17-24)26(31)29-23-14-8-20(9-15-23)5-4-19-6-12-22(27)13-7-19/h6-18H,3H2,1-2H3,(H,28,30)(H,29,31). The molecule has 0 aliphatic carbocycles. The Balaban J connectivity index is 1.59. The van der Waals surface area contributed by atoms with E-state index in [4.69, 9.17) is 0 Å². The van der Waals surface area contributed by atoms with Crippen molar-refractivity contribution in [2.45, 2.75) is 20.3 Å². The fourth-order valence-corrected chi connectivity index (χ4v) is 2.67. The van der Waals surface area contributed by atoms with Gasteiger partial charge in [0.1, 0.15) is 5.82 Å². The smallest absolute Gasteiger partial charge is 0.255 e. The molecule has 0 saturated heterocycles. The first kappa shape index (κ1) is 21.8. The third-order valence-electron chi connectivity index (χ3n) is 4.81. The number of nitrogens with one attached hydrogen (secondary N) is 2. The molecule has 4 nitrogen and oxygen atoms in total. The van der Waals surface area contributed by atoms with Crippen LogP contribution in [0.2, 0.25) is 0 Å². The predicted molar refractivity (Wildman–Crippen MR) is 121 cm³/mol. The van der Waals surface area contributed by atoms with Gasteiger partial charge in [0.05, 0.1) is 0 Å². The fourth-order valence-electron chi connectivity index (χ4n) is 2.67. The highest BCUT2D eigenvalue weighted by Crippen LogP contribution is 2.15. The summed E-state index contributed by atoms with van der Waals surface area (Å²) in [5.74, 6) is 5.33. The lowest BCUT2D eigenvalue weighted by Crippen LogP contribution is -2.19. The third kappa shape index (κ3) is 6.28. The zero-order chi connectivity index (χ0) is 22.2. The molecule has 1 atom stereocenters. The van der Waals surface area contributed by atoms with E-state index in [9.17, 15) is 14.0 Å². The molecule has 3 aromatic carbocycles. The minimum absolute atomic E-state index is 0.0395. The Morgan fingerprint density at radius 3 is 1.84 bits per heavy atom. The molecular formula is C26H23FN2O2. The first-order valence-electron chi connectivity index (χ1n) is 10.0. The fraction of sp³-hybridized carbons (Fsp3) is 0.154. The molecule has 2 amide bonds. The van der Waals surface area contributed by atoms with Gasteiger partial charge in [0.15, 0.2) is 0 Å². The first-order chi connectivity index (χ1) is 14.9. The Labute approximate surface area is 181 Å². The highest BCUT2D eigenvalue weighted by Gasteiger charge is 2.11. The molecule has 1 unspecified atom stereocenters. The van der Waals surface area contributed by atoms with Crippen LogP contribution in [0.4, 0.5) is 15.8 Å². The van der Waals surface area contributed by atoms with Crippen molar-refractivity contribution in [3.8, 4) is 11.8 Å². The molecule has 3 aromatic rings. The van der Waals surface area contributed by atoms with Gasteiger partial charge in [-0.1, -0.05) is 25.7 Å². The van der Waals surface area contributed by atoms with Gasteiger partial charge in [0.2, 0.25) is 5.91 Å². The summed E-state index contributed by atoms with van der Waals surface area (Å²) in [6.45, 7) is 3.83. The lowest BCUT2D eigenvalue weighted by molar-refractivity contribution is -0.119. The van der Waals surface area contributed by atoms with Gasteiger partial charge in [-0.15, -0.1) is 0 Å². The maximum absolute atomic E-state index is 12.9. The van der Waals surface area contributed by atoms with Crippen LogP contribution in [0, 0.1) is 23.6 Å². The van der Waals surface area contributed by atoms with Crippen molar-refractivity contribution in [3.63, 3.8) is 0 Å². The van der Waals surface area contributed by atoms with Gasteiger partial charge in [-0.2, -0.15) is 0 Å². The average molecular weight is 414 g/mol. The lowest BCUT2D eigenvalue weighted by atomic mass is 10.1. The molecule has 0 heterocycles. The summed E-state index contributed by atoms with van der Waals surface area (Å²) < 4.78 is 12.9. The van der Waals surface area contributed by atoms with Crippen molar-refractivity contribution in [2.75, 3.05) is 10.6 Å². The monoisotopic (exact) mass is 414 g/mol. The summed E-state index contributed by atoms with van der Waals surface area (Å²) in [6, 6.07) is 19.9. The maximum Gasteiger partial charge on any atom is 0.255 e. The summed E-state index contributed by atoms with van der Waals surface area (Å²) in [6.07, 6.45) is 0.767. The summed E-state index contributed by atoms with van der Waals surface area (Å²) in [7, 11) is 0. The van der Waals surface area contributed by atoms with Crippen LogP contribution in [-0.2, 0) is 4.79 Å². The number of carbonyl (C=O) groups is 2. The Morgan fingerprint density at radius 2 is 1.29 bits per heavy atom.